The van der Waals surface area contributed by atoms with Gasteiger partial charge in [0.25, 0.3) is 0 Å². The zero-order valence-electron chi connectivity index (χ0n) is 16.2. The van der Waals surface area contributed by atoms with Crippen molar-refractivity contribution in [2.75, 3.05) is 18.4 Å². The molecule has 2 amide bonds. The van der Waals surface area contributed by atoms with E-state index in [0.717, 1.165) is 47.4 Å². The van der Waals surface area contributed by atoms with Gasteiger partial charge in [-0.05, 0) is 55.7 Å². The van der Waals surface area contributed by atoms with Crippen molar-refractivity contribution in [1.82, 2.24) is 14.9 Å². The summed E-state index contributed by atoms with van der Waals surface area (Å²) in [4.78, 5) is 22.3. The average Bonchev–Trinajstić information content (AvgIpc) is 3.12. The highest BCUT2D eigenvalue weighted by Gasteiger charge is 2.34. The van der Waals surface area contributed by atoms with E-state index in [1.54, 1.807) is 4.90 Å². The van der Waals surface area contributed by atoms with Crippen LogP contribution in [0.2, 0.25) is 5.02 Å². The molecule has 0 saturated carbocycles. The van der Waals surface area contributed by atoms with Gasteiger partial charge in [-0.25, -0.2) is 9.78 Å². The number of carbonyl (C=O) groups excluding carboxylic acids is 1. The number of aromatic nitrogens is 2. The first-order valence-electron chi connectivity index (χ1n) is 9.59. The highest BCUT2D eigenvalue weighted by Crippen LogP contribution is 2.36. The standard InChI is InChI=1S/C21H20ClF3N4O/c1-12-4-7-17-18(9-12)28-19(27-17)13-3-2-8-29(11-13)20(30)26-14-5-6-16(22)15(10-14)21(23,24)25/h4-7,9-10,13H,2-3,8,11H2,1H3,(H,26,30)(H,27,28)/t13-/m1/s1. The van der Waals surface area contributed by atoms with Crippen LogP contribution in [0.5, 0.6) is 0 Å². The number of urea groups is 1. The number of aryl methyl sites for hydroxylation is 1. The number of piperidine rings is 1. The van der Waals surface area contributed by atoms with Crippen LogP contribution in [0.4, 0.5) is 23.7 Å². The van der Waals surface area contributed by atoms with Crippen molar-refractivity contribution in [3.8, 4) is 0 Å². The van der Waals surface area contributed by atoms with Gasteiger partial charge in [0.2, 0.25) is 0 Å². The Morgan fingerprint density at radius 1 is 1.27 bits per heavy atom. The molecule has 1 aliphatic rings. The number of imidazole rings is 1. The first-order valence-corrected chi connectivity index (χ1v) is 9.97. The second-order valence-corrected chi connectivity index (χ2v) is 7.96. The molecule has 0 bridgehead atoms. The molecular formula is C21H20ClF3N4O. The third-order valence-corrected chi connectivity index (χ3v) is 5.60. The van der Waals surface area contributed by atoms with Crippen LogP contribution < -0.4 is 5.32 Å². The van der Waals surface area contributed by atoms with E-state index in [4.69, 9.17) is 11.6 Å². The number of hydrogen-bond donors (Lipinski definition) is 2. The Balaban J connectivity index is 1.48. The monoisotopic (exact) mass is 436 g/mol. The number of halogens is 4. The van der Waals surface area contributed by atoms with Crippen LogP contribution in [-0.4, -0.2) is 34.0 Å². The number of carbonyl (C=O) groups is 1. The van der Waals surface area contributed by atoms with Crippen molar-refractivity contribution >= 4 is 34.4 Å². The normalized spacial score (nSPS) is 17.4. The Hall–Kier alpha value is -2.74. The molecule has 0 radical (unpaired) electrons. The van der Waals surface area contributed by atoms with E-state index in [2.05, 4.69) is 15.3 Å². The molecule has 2 heterocycles. The minimum atomic E-state index is -4.59. The molecule has 1 saturated heterocycles. The number of anilines is 1. The molecular weight excluding hydrogens is 417 g/mol. The van der Waals surface area contributed by atoms with Gasteiger partial charge in [-0.2, -0.15) is 13.2 Å². The maximum Gasteiger partial charge on any atom is 0.417 e. The number of nitrogens with zero attached hydrogens (tertiary/aromatic N) is 2. The molecule has 0 spiro atoms. The predicted molar refractivity (Wildman–Crippen MR) is 110 cm³/mol. The zero-order chi connectivity index (χ0) is 21.5. The number of benzene rings is 2. The summed E-state index contributed by atoms with van der Waals surface area (Å²) in [5, 5.41) is 2.15. The van der Waals surface area contributed by atoms with Crippen molar-refractivity contribution in [3.63, 3.8) is 0 Å². The Morgan fingerprint density at radius 2 is 2.07 bits per heavy atom. The summed E-state index contributed by atoms with van der Waals surface area (Å²) in [5.74, 6) is 0.854. The minimum Gasteiger partial charge on any atom is -0.342 e. The van der Waals surface area contributed by atoms with E-state index >= 15 is 0 Å². The molecule has 1 atom stereocenters. The fraction of sp³-hybridized carbons (Fsp3) is 0.333. The van der Waals surface area contributed by atoms with Crippen molar-refractivity contribution in [3.05, 3.63) is 58.4 Å². The molecule has 1 aromatic heterocycles. The van der Waals surface area contributed by atoms with Gasteiger partial charge in [0.05, 0.1) is 21.6 Å². The van der Waals surface area contributed by atoms with E-state index < -0.39 is 22.8 Å². The number of amides is 2. The number of aromatic amines is 1. The van der Waals surface area contributed by atoms with E-state index in [-0.39, 0.29) is 11.6 Å². The summed E-state index contributed by atoms with van der Waals surface area (Å²) >= 11 is 5.64. The molecule has 30 heavy (non-hydrogen) atoms. The molecule has 5 nitrogen and oxygen atoms in total. The van der Waals surface area contributed by atoms with Gasteiger partial charge in [0.1, 0.15) is 5.82 Å². The molecule has 0 aliphatic carbocycles. The van der Waals surface area contributed by atoms with E-state index in [9.17, 15) is 18.0 Å². The van der Waals surface area contributed by atoms with Gasteiger partial charge in [0.15, 0.2) is 0 Å². The van der Waals surface area contributed by atoms with Gasteiger partial charge < -0.3 is 15.2 Å². The fourth-order valence-electron chi connectivity index (χ4n) is 3.74. The molecule has 0 unspecified atom stereocenters. The maximum atomic E-state index is 13.1. The van der Waals surface area contributed by atoms with Crippen LogP contribution in [0.3, 0.4) is 0 Å². The molecule has 1 aliphatic heterocycles. The highest BCUT2D eigenvalue weighted by atomic mass is 35.5. The van der Waals surface area contributed by atoms with Crippen molar-refractivity contribution in [1.29, 1.82) is 0 Å². The van der Waals surface area contributed by atoms with Crippen LogP contribution in [0.25, 0.3) is 11.0 Å². The Morgan fingerprint density at radius 3 is 2.83 bits per heavy atom. The second kappa shape index (κ2) is 7.83. The summed E-state index contributed by atoms with van der Waals surface area (Å²) < 4.78 is 39.2. The smallest absolute Gasteiger partial charge is 0.342 e. The summed E-state index contributed by atoms with van der Waals surface area (Å²) in [7, 11) is 0. The molecule has 2 aromatic carbocycles. The molecule has 3 aromatic rings. The quantitative estimate of drug-likeness (QED) is 0.521. The lowest BCUT2D eigenvalue weighted by Crippen LogP contribution is -2.41. The first kappa shape index (κ1) is 20.5. The van der Waals surface area contributed by atoms with Gasteiger partial charge in [-0.1, -0.05) is 17.7 Å². The van der Waals surface area contributed by atoms with Gasteiger partial charge in [-0.3, -0.25) is 0 Å². The van der Waals surface area contributed by atoms with Gasteiger partial charge in [-0.15, -0.1) is 0 Å². The molecule has 2 N–H and O–H groups in total. The fourth-order valence-corrected chi connectivity index (χ4v) is 3.97. The number of fused-ring (bicyclic) bond motifs is 1. The highest BCUT2D eigenvalue weighted by molar-refractivity contribution is 6.31. The van der Waals surface area contributed by atoms with E-state index in [1.165, 1.54) is 6.07 Å². The minimum absolute atomic E-state index is 0.0353. The molecule has 9 heteroatoms. The molecule has 158 valence electrons. The maximum absolute atomic E-state index is 13.1. The number of H-pyrrole nitrogens is 1. The summed E-state index contributed by atoms with van der Waals surface area (Å²) in [5.41, 5.74) is 2.03. The van der Waals surface area contributed by atoms with Gasteiger partial charge in [0, 0.05) is 24.7 Å². The van der Waals surface area contributed by atoms with Crippen molar-refractivity contribution in [2.45, 2.75) is 31.9 Å². The van der Waals surface area contributed by atoms with Crippen LogP contribution >= 0.6 is 11.6 Å². The number of likely N-dealkylation sites (tertiary alicyclic amines) is 1. The van der Waals surface area contributed by atoms with Crippen molar-refractivity contribution < 1.29 is 18.0 Å². The Labute approximate surface area is 176 Å². The number of nitrogens with one attached hydrogen (secondary N) is 2. The van der Waals surface area contributed by atoms with Crippen molar-refractivity contribution in [2.24, 2.45) is 0 Å². The second-order valence-electron chi connectivity index (χ2n) is 7.55. The van der Waals surface area contributed by atoms with E-state index in [1.807, 2.05) is 25.1 Å². The van der Waals surface area contributed by atoms with Gasteiger partial charge >= 0.3 is 12.2 Å². The lowest BCUT2D eigenvalue weighted by atomic mass is 9.97. The predicted octanol–water partition coefficient (Wildman–Crippen LogP) is 5.96. The molecule has 4 rings (SSSR count). The SMILES string of the molecule is Cc1ccc2nc([C@@H]3CCCN(C(=O)Nc4ccc(Cl)c(C(F)(F)F)c4)C3)[nH]c2c1. The largest absolute Gasteiger partial charge is 0.417 e. The third-order valence-electron chi connectivity index (χ3n) is 5.27. The Bertz CT molecular complexity index is 1100. The number of hydrogen-bond acceptors (Lipinski definition) is 2. The lowest BCUT2D eigenvalue weighted by Gasteiger charge is -2.32. The topological polar surface area (TPSA) is 61.0 Å². The Kier molecular flexibility index (Phi) is 5.36. The lowest BCUT2D eigenvalue weighted by molar-refractivity contribution is -0.137. The molecule has 1 fully saturated rings. The van der Waals surface area contributed by atoms with Crippen LogP contribution in [0.15, 0.2) is 36.4 Å². The summed E-state index contributed by atoms with van der Waals surface area (Å²) in [6.07, 6.45) is -2.93. The third kappa shape index (κ3) is 4.23. The number of alkyl halides is 3. The van der Waals surface area contributed by atoms with E-state index in [0.29, 0.717) is 13.1 Å². The number of rotatable bonds is 2. The zero-order valence-corrected chi connectivity index (χ0v) is 16.9. The van der Waals surface area contributed by atoms with Crippen LogP contribution in [-0.2, 0) is 6.18 Å². The van der Waals surface area contributed by atoms with Crippen LogP contribution in [0, 0.1) is 6.92 Å². The summed E-state index contributed by atoms with van der Waals surface area (Å²) in [6.45, 7) is 2.97. The first-order chi connectivity index (χ1) is 14.2. The summed E-state index contributed by atoms with van der Waals surface area (Å²) in [6, 6.07) is 8.88. The van der Waals surface area contributed by atoms with Crippen LogP contribution in [0.1, 0.15) is 35.7 Å². The average molecular weight is 437 g/mol.